The molecule has 1 fully saturated rings. The average Bonchev–Trinajstić information content (AvgIpc) is 2.58. The zero-order chi connectivity index (χ0) is 16.1. The van der Waals surface area contributed by atoms with E-state index in [4.69, 9.17) is 10.5 Å². The lowest BCUT2D eigenvalue weighted by Gasteiger charge is -2.26. The summed E-state index contributed by atoms with van der Waals surface area (Å²) in [5, 5.41) is 3.08. The number of carbonyl (C=O) groups is 1. The molecule has 2 aromatic rings. The van der Waals surface area contributed by atoms with E-state index in [2.05, 4.69) is 10.3 Å². The van der Waals surface area contributed by atoms with Crippen LogP contribution in [0, 0.1) is 0 Å². The molecule has 1 aromatic heterocycles. The van der Waals surface area contributed by atoms with Gasteiger partial charge in [0.2, 0.25) is 0 Å². The van der Waals surface area contributed by atoms with Crippen molar-refractivity contribution in [1.29, 1.82) is 0 Å². The number of nitrogens with one attached hydrogen (secondary N) is 1. The van der Waals surface area contributed by atoms with Crippen LogP contribution >= 0.6 is 0 Å². The molecule has 0 aliphatic heterocycles. The van der Waals surface area contributed by atoms with Crippen molar-refractivity contribution < 1.29 is 9.53 Å². The van der Waals surface area contributed by atoms with Gasteiger partial charge in [0.1, 0.15) is 11.5 Å². The number of carbonyl (C=O) groups excluding carboxylic acids is 1. The van der Waals surface area contributed by atoms with Gasteiger partial charge in [-0.15, -0.1) is 0 Å². The van der Waals surface area contributed by atoms with Gasteiger partial charge in [-0.2, -0.15) is 0 Å². The van der Waals surface area contributed by atoms with Crippen molar-refractivity contribution in [2.24, 2.45) is 5.73 Å². The molecule has 5 nitrogen and oxygen atoms in total. The van der Waals surface area contributed by atoms with E-state index in [0.29, 0.717) is 17.1 Å². The Hall–Kier alpha value is -2.40. The van der Waals surface area contributed by atoms with Crippen molar-refractivity contribution >= 4 is 5.91 Å². The van der Waals surface area contributed by atoms with Crippen molar-refractivity contribution in [3.63, 3.8) is 0 Å². The highest BCUT2D eigenvalue weighted by Gasteiger charge is 2.20. The number of hydrogen-bond acceptors (Lipinski definition) is 4. The molecule has 1 amide bonds. The molecule has 1 saturated carbocycles. The Morgan fingerprint density at radius 3 is 2.48 bits per heavy atom. The van der Waals surface area contributed by atoms with Crippen LogP contribution in [0.4, 0.5) is 0 Å². The number of rotatable bonds is 4. The third-order valence-corrected chi connectivity index (χ3v) is 4.09. The summed E-state index contributed by atoms with van der Waals surface area (Å²) in [6, 6.07) is 11.3. The Morgan fingerprint density at radius 1 is 1.09 bits per heavy atom. The molecule has 0 spiro atoms. The SMILES string of the molecule is NC1CCC(NC(=O)c2ccc(Oc3cccnc3)cc2)CC1. The lowest BCUT2D eigenvalue weighted by molar-refractivity contribution is 0.0926. The standard InChI is InChI=1S/C18H21N3O2/c19-14-5-7-15(8-6-14)21-18(22)13-3-9-16(10-4-13)23-17-2-1-11-20-12-17/h1-4,9-12,14-15H,5-8,19H2,(H,21,22). The smallest absolute Gasteiger partial charge is 0.251 e. The fraction of sp³-hybridized carbons (Fsp3) is 0.333. The van der Waals surface area contributed by atoms with E-state index in [0.717, 1.165) is 25.7 Å². The highest BCUT2D eigenvalue weighted by molar-refractivity contribution is 5.94. The Morgan fingerprint density at radius 2 is 1.83 bits per heavy atom. The van der Waals surface area contributed by atoms with E-state index in [-0.39, 0.29) is 18.0 Å². The second kappa shape index (κ2) is 7.24. The Kier molecular flexibility index (Phi) is 4.88. The van der Waals surface area contributed by atoms with Crippen LogP contribution in [-0.4, -0.2) is 23.0 Å². The molecule has 5 heteroatoms. The lowest BCUT2D eigenvalue weighted by Crippen LogP contribution is -2.40. The highest BCUT2D eigenvalue weighted by Crippen LogP contribution is 2.21. The number of ether oxygens (including phenoxy) is 1. The third kappa shape index (κ3) is 4.29. The van der Waals surface area contributed by atoms with E-state index < -0.39 is 0 Å². The predicted octanol–water partition coefficient (Wildman–Crippen LogP) is 2.87. The molecule has 0 saturated heterocycles. The van der Waals surface area contributed by atoms with Crippen LogP contribution in [-0.2, 0) is 0 Å². The average molecular weight is 311 g/mol. The normalized spacial score (nSPS) is 20.7. The van der Waals surface area contributed by atoms with Gasteiger partial charge in [0, 0.05) is 23.8 Å². The van der Waals surface area contributed by atoms with Gasteiger partial charge >= 0.3 is 0 Å². The lowest BCUT2D eigenvalue weighted by atomic mass is 9.91. The maximum Gasteiger partial charge on any atom is 0.251 e. The van der Waals surface area contributed by atoms with E-state index in [1.165, 1.54) is 0 Å². The fourth-order valence-electron chi connectivity index (χ4n) is 2.75. The molecule has 0 bridgehead atoms. The van der Waals surface area contributed by atoms with Gasteiger partial charge in [-0.05, 0) is 62.1 Å². The number of aromatic nitrogens is 1. The van der Waals surface area contributed by atoms with Crippen LogP contribution in [0.2, 0.25) is 0 Å². The van der Waals surface area contributed by atoms with E-state index >= 15 is 0 Å². The maximum absolute atomic E-state index is 12.3. The molecule has 3 rings (SSSR count). The summed E-state index contributed by atoms with van der Waals surface area (Å²) in [5.41, 5.74) is 6.53. The van der Waals surface area contributed by atoms with Crippen molar-refractivity contribution in [1.82, 2.24) is 10.3 Å². The molecule has 0 radical (unpaired) electrons. The first kappa shape index (κ1) is 15.5. The summed E-state index contributed by atoms with van der Waals surface area (Å²) in [6.07, 6.45) is 7.20. The van der Waals surface area contributed by atoms with Gasteiger partial charge in [0.25, 0.3) is 5.91 Å². The zero-order valence-corrected chi connectivity index (χ0v) is 12.9. The molecule has 120 valence electrons. The minimum absolute atomic E-state index is 0.0431. The molecule has 1 aliphatic rings. The summed E-state index contributed by atoms with van der Waals surface area (Å²) in [6.45, 7) is 0. The molecule has 0 unspecified atom stereocenters. The van der Waals surface area contributed by atoms with Crippen LogP contribution in [0.1, 0.15) is 36.0 Å². The van der Waals surface area contributed by atoms with Gasteiger partial charge in [-0.1, -0.05) is 0 Å². The first-order chi connectivity index (χ1) is 11.2. The summed E-state index contributed by atoms with van der Waals surface area (Å²) in [4.78, 5) is 16.3. The van der Waals surface area contributed by atoms with Gasteiger partial charge in [-0.3, -0.25) is 9.78 Å². The Bertz CT molecular complexity index is 635. The number of amides is 1. The van der Waals surface area contributed by atoms with Crippen molar-refractivity contribution in [2.75, 3.05) is 0 Å². The number of nitrogens with zero attached hydrogens (tertiary/aromatic N) is 1. The molecule has 23 heavy (non-hydrogen) atoms. The van der Waals surface area contributed by atoms with Gasteiger partial charge in [0.05, 0.1) is 6.20 Å². The number of benzene rings is 1. The first-order valence-corrected chi connectivity index (χ1v) is 7.95. The summed E-state index contributed by atoms with van der Waals surface area (Å²) >= 11 is 0. The molecule has 3 N–H and O–H groups in total. The topological polar surface area (TPSA) is 77.2 Å². The largest absolute Gasteiger partial charge is 0.456 e. The second-order valence-corrected chi connectivity index (χ2v) is 5.90. The molecule has 0 atom stereocenters. The minimum atomic E-state index is -0.0431. The van der Waals surface area contributed by atoms with Gasteiger partial charge in [-0.25, -0.2) is 0 Å². The van der Waals surface area contributed by atoms with Crippen molar-refractivity contribution in [3.05, 3.63) is 54.4 Å². The Balaban J connectivity index is 1.57. The monoisotopic (exact) mass is 311 g/mol. The van der Waals surface area contributed by atoms with Crippen LogP contribution < -0.4 is 15.8 Å². The van der Waals surface area contributed by atoms with Crippen molar-refractivity contribution in [3.8, 4) is 11.5 Å². The van der Waals surface area contributed by atoms with E-state index in [1.54, 1.807) is 36.7 Å². The summed E-state index contributed by atoms with van der Waals surface area (Å²) in [5.74, 6) is 1.31. The number of hydrogen-bond donors (Lipinski definition) is 2. The van der Waals surface area contributed by atoms with Crippen LogP contribution in [0.25, 0.3) is 0 Å². The molecule has 1 aromatic carbocycles. The van der Waals surface area contributed by atoms with Gasteiger partial charge < -0.3 is 15.8 Å². The predicted molar refractivity (Wildman–Crippen MR) is 88.5 cm³/mol. The maximum atomic E-state index is 12.3. The Labute approximate surface area is 135 Å². The molecular formula is C18H21N3O2. The summed E-state index contributed by atoms with van der Waals surface area (Å²) in [7, 11) is 0. The van der Waals surface area contributed by atoms with Crippen LogP contribution in [0.3, 0.4) is 0 Å². The van der Waals surface area contributed by atoms with Crippen LogP contribution in [0.15, 0.2) is 48.8 Å². The van der Waals surface area contributed by atoms with Crippen LogP contribution in [0.5, 0.6) is 11.5 Å². The molecular weight excluding hydrogens is 290 g/mol. The number of pyridine rings is 1. The van der Waals surface area contributed by atoms with Gasteiger partial charge in [0.15, 0.2) is 0 Å². The molecule has 1 heterocycles. The third-order valence-electron chi connectivity index (χ3n) is 4.09. The quantitative estimate of drug-likeness (QED) is 0.910. The fourth-order valence-corrected chi connectivity index (χ4v) is 2.75. The minimum Gasteiger partial charge on any atom is -0.456 e. The van der Waals surface area contributed by atoms with Crippen molar-refractivity contribution in [2.45, 2.75) is 37.8 Å². The van der Waals surface area contributed by atoms with E-state index in [9.17, 15) is 4.79 Å². The zero-order valence-electron chi connectivity index (χ0n) is 12.9. The molecule has 1 aliphatic carbocycles. The van der Waals surface area contributed by atoms with E-state index in [1.807, 2.05) is 12.1 Å². The highest BCUT2D eigenvalue weighted by atomic mass is 16.5. The second-order valence-electron chi connectivity index (χ2n) is 5.90. The summed E-state index contributed by atoms with van der Waals surface area (Å²) < 4.78 is 5.67. The number of nitrogens with two attached hydrogens (primary N) is 1. The first-order valence-electron chi connectivity index (χ1n) is 7.95.